The first kappa shape index (κ1) is 20.1. The minimum atomic E-state index is -0.763. The number of aromatic amines is 1. The number of nitrogens with zero attached hydrogens (tertiary/aromatic N) is 6. The van der Waals surface area contributed by atoms with Crippen LogP contribution >= 0.6 is 0 Å². The lowest BCUT2D eigenvalue weighted by atomic mass is 9.98. The summed E-state index contributed by atoms with van der Waals surface area (Å²) in [6.07, 6.45) is 10.0. The number of aryl methyl sites for hydroxylation is 1. The van der Waals surface area contributed by atoms with Gasteiger partial charge in [0.25, 0.3) is 5.91 Å². The van der Waals surface area contributed by atoms with Crippen molar-refractivity contribution >= 4 is 29.3 Å². The Morgan fingerprint density at radius 1 is 1.21 bits per heavy atom. The summed E-state index contributed by atoms with van der Waals surface area (Å²) in [6.45, 7) is 2.68. The van der Waals surface area contributed by atoms with Crippen LogP contribution in [0.2, 0.25) is 0 Å². The van der Waals surface area contributed by atoms with Crippen LogP contribution in [-0.4, -0.2) is 48.1 Å². The van der Waals surface area contributed by atoms with E-state index in [4.69, 9.17) is 9.97 Å². The van der Waals surface area contributed by atoms with Crippen LogP contribution < -0.4 is 15.5 Å². The first-order valence-corrected chi connectivity index (χ1v) is 11.7. The number of fused-ring (bicyclic) bond motifs is 1. The number of rotatable bonds is 6. The van der Waals surface area contributed by atoms with E-state index in [-0.39, 0.29) is 5.91 Å². The Kier molecular flexibility index (Phi) is 4.74. The SMILES string of the molecule is C[C@]1(C(=O)Nc2ccncn2)CCCN1c1nc2c(c(Nc3cc(C4CC4)[nH]n3)n1)CCC2. The summed E-state index contributed by atoms with van der Waals surface area (Å²) < 4.78 is 0. The molecule has 170 valence electrons. The maximum absolute atomic E-state index is 13.3. The van der Waals surface area contributed by atoms with E-state index in [0.717, 1.165) is 61.5 Å². The van der Waals surface area contributed by atoms with Crippen molar-refractivity contribution in [3.8, 4) is 0 Å². The van der Waals surface area contributed by atoms with Crippen molar-refractivity contribution in [1.29, 1.82) is 0 Å². The van der Waals surface area contributed by atoms with Gasteiger partial charge in [-0.3, -0.25) is 9.89 Å². The van der Waals surface area contributed by atoms with Gasteiger partial charge in [-0.05, 0) is 57.9 Å². The Bertz CT molecular complexity index is 1190. The second kappa shape index (κ2) is 7.79. The zero-order valence-electron chi connectivity index (χ0n) is 18.6. The molecule has 3 aliphatic rings. The van der Waals surface area contributed by atoms with Crippen LogP contribution in [0.5, 0.6) is 0 Å². The Morgan fingerprint density at radius 2 is 2.12 bits per heavy atom. The molecule has 3 N–H and O–H groups in total. The molecule has 3 aromatic heterocycles. The van der Waals surface area contributed by atoms with Crippen LogP contribution in [0.1, 0.15) is 61.9 Å². The summed E-state index contributed by atoms with van der Waals surface area (Å²) in [6, 6.07) is 3.77. The molecule has 0 aromatic carbocycles. The second-order valence-electron chi connectivity index (χ2n) is 9.34. The highest BCUT2D eigenvalue weighted by atomic mass is 16.2. The monoisotopic (exact) mass is 445 g/mol. The van der Waals surface area contributed by atoms with E-state index >= 15 is 0 Å². The van der Waals surface area contributed by atoms with Crippen molar-refractivity contribution in [3.63, 3.8) is 0 Å². The van der Waals surface area contributed by atoms with E-state index in [9.17, 15) is 4.79 Å². The predicted molar refractivity (Wildman–Crippen MR) is 124 cm³/mol. The van der Waals surface area contributed by atoms with Gasteiger partial charge in [0.05, 0.1) is 5.69 Å². The fourth-order valence-corrected chi connectivity index (χ4v) is 4.90. The molecule has 1 saturated heterocycles. The molecule has 2 fully saturated rings. The fourth-order valence-electron chi connectivity index (χ4n) is 4.90. The van der Waals surface area contributed by atoms with E-state index in [1.54, 1.807) is 12.3 Å². The summed E-state index contributed by atoms with van der Waals surface area (Å²) in [7, 11) is 0. The maximum Gasteiger partial charge on any atom is 0.251 e. The topological polar surface area (TPSA) is 125 Å². The summed E-state index contributed by atoms with van der Waals surface area (Å²) in [5, 5.41) is 14.0. The van der Waals surface area contributed by atoms with E-state index < -0.39 is 5.54 Å². The number of H-pyrrole nitrogens is 1. The number of carbonyl (C=O) groups excluding carboxylic acids is 1. The lowest BCUT2D eigenvalue weighted by molar-refractivity contribution is -0.120. The molecule has 1 atom stereocenters. The number of anilines is 4. The zero-order valence-corrected chi connectivity index (χ0v) is 18.6. The van der Waals surface area contributed by atoms with Gasteiger partial charge in [0, 0.05) is 36.0 Å². The van der Waals surface area contributed by atoms with Gasteiger partial charge in [-0.2, -0.15) is 10.1 Å². The summed E-state index contributed by atoms with van der Waals surface area (Å²) in [5.41, 5.74) is 2.63. The van der Waals surface area contributed by atoms with Gasteiger partial charge in [0.1, 0.15) is 23.5 Å². The quantitative estimate of drug-likeness (QED) is 0.529. The molecule has 10 nitrogen and oxygen atoms in total. The molecule has 1 aliphatic heterocycles. The smallest absolute Gasteiger partial charge is 0.251 e. The molecule has 0 spiro atoms. The molecular weight excluding hydrogens is 418 g/mol. The summed E-state index contributed by atoms with van der Waals surface area (Å²) in [5.74, 6) is 3.16. The molecule has 4 heterocycles. The average molecular weight is 446 g/mol. The van der Waals surface area contributed by atoms with Crippen molar-refractivity contribution in [2.75, 3.05) is 22.1 Å². The second-order valence-corrected chi connectivity index (χ2v) is 9.34. The van der Waals surface area contributed by atoms with Crippen molar-refractivity contribution in [3.05, 3.63) is 41.6 Å². The minimum Gasteiger partial charge on any atom is -0.326 e. The standard InChI is InChI=1S/C23H27N9O/c1-23(21(33)28-18-8-10-24-13-25-18)9-3-11-32(23)22-26-16-5-2-4-15(16)20(29-22)27-19-12-17(30-31-19)14-6-7-14/h8,10,12-14H,2-7,9,11H2,1H3,(H,24,25,28,33)(H2,26,27,29,30,31)/t23-/m1/s1. The Labute approximate surface area is 191 Å². The van der Waals surface area contributed by atoms with Crippen molar-refractivity contribution in [1.82, 2.24) is 30.1 Å². The molecule has 33 heavy (non-hydrogen) atoms. The van der Waals surface area contributed by atoms with Gasteiger partial charge in [0.2, 0.25) is 5.95 Å². The fraction of sp³-hybridized carbons (Fsp3) is 0.478. The van der Waals surface area contributed by atoms with Gasteiger partial charge in [-0.25, -0.2) is 15.0 Å². The minimum absolute atomic E-state index is 0.112. The average Bonchev–Trinajstić information content (AvgIpc) is 3.20. The van der Waals surface area contributed by atoms with Crippen molar-refractivity contribution in [2.24, 2.45) is 0 Å². The first-order valence-electron chi connectivity index (χ1n) is 11.7. The predicted octanol–water partition coefficient (Wildman–Crippen LogP) is 3.10. The molecule has 10 heteroatoms. The number of hydrogen-bond donors (Lipinski definition) is 3. The van der Waals surface area contributed by atoms with Crippen molar-refractivity contribution < 1.29 is 4.79 Å². The molecular formula is C23H27N9O. The van der Waals surface area contributed by atoms with E-state index in [1.165, 1.54) is 24.9 Å². The normalized spacial score (nSPS) is 21.8. The van der Waals surface area contributed by atoms with Crippen molar-refractivity contribution in [2.45, 2.75) is 63.3 Å². The van der Waals surface area contributed by atoms with Crippen LogP contribution in [0.4, 0.5) is 23.4 Å². The molecule has 6 rings (SSSR count). The third-order valence-electron chi connectivity index (χ3n) is 6.98. The summed E-state index contributed by atoms with van der Waals surface area (Å²) in [4.78, 5) is 33.2. The third-order valence-corrected chi connectivity index (χ3v) is 6.98. The maximum atomic E-state index is 13.3. The highest BCUT2D eigenvalue weighted by Gasteiger charge is 2.45. The van der Waals surface area contributed by atoms with E-state index in [2.05, 4.69) is 36.9 Å². The van der Waals surface area contributed by atoms with Gasteiger partial charge < -0.3 is 15.5 Å². The van der Waals surface area contributed by atoms with E-state index in [1.807, 2.05) is 11.8 Å². The Hall–Kier alpha value is -3.56. The Balaban J connectivity index is 1.30. The third kappa shape index (κ3) is 3.69. The molecule has 0 bridgehead atoms. The molecule has 0 radical (unpaired) electrons. The van der Waals surface area contributed by atoms with Gasteiger partial charge in [-0.1, -0.05) is 0 Å². The van der Waals surface area contributed by atoms with Gasteiger partial charge in [0.15, 0.2) is 5.82 Å². The van der Waals surface area contributed by atoms with Crippen LogP contribution in [0.15, 0.2) is 24.7 Å². The molecule has 2 aliphatic carbocycles. The molecule has 1 amide bonds. The number of nitrogens with one attached hydrogen (secondary N) is 3. The molecule has 0 unspecified atom stereocenters. The highest BCUT2D eigenvalue weighted by molar-refractivity contribution is 5.99. The number of hydrogen-bond acceptors (Lipinski definition) is 8. The van der Waals surface area contributed by atoms with Crippen LogP contribution in [0, 0.1) is 0 Å². The lowest BCUT2D eigenvalue weighted by Gasteiger charge is -2.34. The van der Waals surface area contributed by atoms with Crippen LogP contribution in [0.3, 0.4) is 0 Å². The lowest BCUT2D eigenvalue weighted by Crippen LogP contribution is -2.51. The Morgan fingerprint density at radius 3 is 2.94 bits per heavy atom. The molecule has 1 saturated carbocycles. The number of aromatic nitrogens is 6. The highest BCUT2D eigenvalue weighted by Crippen LogP contribution is 2.40. The zero-order chi connectivity index (χ0) is 22.4. The largest absolute Gasteiger partial charge is 0.326 e. The first-order chi connectivity index (χ1) is 16.1. The van der Waals surface area contributed by atoms with Gasteiger partial charge in [-0.15, -0.1) is 0 Å². The molecule has 3 aromatic rings. The summed E-state index contributed by atoms with van der Waals surface area (Å²) >= 11 is 0. The van der Waals surface area contributed by atoms with Crippen LogP contribution in [0.25, 0.3) is 0 Å². The number of carbonyl (C=O) groups is 1. The van der Waals surface area contributed by atoms with E-state index in [0.29, 0.717) is 17.7 Å². The van der Waals surface area contributed by atoms with Crippen LogP contribution in [-0.2, 0) is 17.6 Å². The van der Waals surface area contributed by atoms with Gasteiger partial charge >= 0.3 is 0 Å². The number of amides is 1.